The molecule has 4 N–H and O–H groups in total. The highest BCUT2D eigenvalue weighted by molar-refractivity contribution is 6.31. The van der Waals surface area contributed by atoms with Crippen LogP contribution < -0.4 is 11.5 Å². The summed E-state index contributed by atoms with van der Waals surface area (Å²) in [6.07, 6.45) is 0. The van der Waals surface area contributed by atoms with Crippen molar-refractivity contribution in [3.63, 3.8) is 0 Å². The van der Waals surface area contributed by atoms with Crippen LogP contribution in [0.5, 0.6) is 0 Å². The van der Waals surface area contributed by atoms with E-state index in [9.17, 15) is 0 Å². The van der Waals surface area contributed by atoms with Crippen molar-refractivity contribution < 1.29 is 0 Å². The van der Waals surface area contributed by atoms with E-state index in [1.54, 1.807) is 18.2 Å². The Labute approximate surface area is 76.0 Å². The van der Waals surface area contributed by atoms with Crippen molar-refractivity contribution in [3.05, 3.63) is 28.8 Å². The third-order valence-electron chi connectivity index (χ3n) is 1.49. The van der Waals surface area contributed by atoms with E-state index in [2.05, 4.69) is 4.99 Å². The molecule has 3 nitrogen and oxygen atoms in total. The molecule has 0 atom stereocenters. The van der Waals surface area contributed by atoms with Gasteiger partial charge in [-0.1, -0.05) is 17.7 Å². The van der Waals surface area contributed by atoms with Crippen molar-refractivity contribution in [2.45, 2.75) is 6.92 Å². The van der Waals surface area contributed by atoms with Gasteiger partial charge in [0.25, 0.3) is 0 Å². The SMILES string of the molecule is Cc1c(Cl)cccc1N=C(N)N. The monoisotopic (exact) mass is 183 g/mol. The van der Waals surface area contributed by atoms with Crippen molar-refractivity contribution >= 4 is 23.2 Å². The molecule has 0 saturated carbocycles. The lowest BCUT2D eigenvalue weighted by molar-refractivity contribution is 1.36. The molecule has 0 aromatic heterocycles. The van der Waals surface area contributed by atoms with Crippen molar-refractivity contribution in [2.24, 2.45) is 16.5 Å². The zero-order valence-corrected chi connectivity index (χ0v) is 7.47. The molecule has 0 bridgehead atoms. The second kappa shape index (κ2) is 3.45. The summed E-state index contributed by atoms with van der Waals surface area (Å²) in [5.41, 5.74) is 12.0. The van der Waals surface area contributed by atoms with Gasteiger partial charge in [0.15, 0.2) is 5.96 Å². The van der Waals surface area contributed by atoms with Gasteiger partial charge in [0.1, 0.15) is 0 Å². The summed E-state index contributed by atoms with van der Waals surface area (Å²) < 4.78 is 0. The summed E-state index contributed by atoms with van der Waals surface area (Å²) in [4.78, 5) is 3.91. The number of aliphatic imine (C=N–C) groups is 1. The number of hydrogen-bond donors (Lipinski definition) is 2. The quantitative estimate of drug-likeness (QED) is 0.513. The first-order chi connectivity index (χ1) is 5.61. The molecule has 0 amide bonds. The largest absolute Gasteiger partial charge is 0.370 e. The highest BCUT2D eigenvalue weighted by Gasteiger charge is 1.99. The van der Waals surface area contributed by atoms with Crippen molar-refractivity contribution in [1.82, 2.24) is 0 Å². The normalized spacial score (nSPS) is 9.50. The second-order valence-electron chi connectivity index (χ2n) is 2.42. The number of rotatable bonds is 1. The third-order valence-corrected chi connectivity index (χ3v) is 1.90. The van der Waals surface area contributed by atoms with Gasteiger partial charge in [-0.2, -0.15) is 0 Å². The molecule has 0 spiro atoms. The summed E-state index contributed by atoms with van der Waals surface area (Å²) in [5, 5.41) is 0.664. The fourth-order valence-electron chi connectivity index (χ4n) is 0.856. The number of hydrogen-bond acceptors (Lipinski definition) is 1. The molecule has 12 heavy (non-hydrogen) atoms. The van der Waals surface area contributed by atoms with Gasteiger partial charge in [0.2, 0.25) is 0 Å². The molecule has 0 radical (unpaired) electrons. The maximum atomic E-state index is 5.85. The summed E-state index contributed by atoms with van der Waals surface area (Å²) >= 11 is 5.85. The molecule has 0 saturated heterocycles. The van der Waals surface area contributed by atoms with E-state index >= 15 is 0 Å². The van der Waals surface area contributed by atoms with Crippen LogP contribution in [0.1, 0.15) is 5.56 Å². The van der Waals surface area contributed by atoms with E-state index in [0.29, 0.717) is 10.7 Å². The fraction of sp³-hybridized carbons (Fsp3) is 0.125. The molecule has 0 aliphatic rings. The summed E-state index contributed by atoms with van der Waals surface area (Å²) in [7, 11) is 0. The van der Waals surface area contributed by atoms with Gasteiger partial charge in [-0.05, 0) is 24.6 Å². The van der Waals surface area contributed by atoms with E-state index in [1.807, 2.05) is 6.92 Å². The molecule has 0 aliphatic carbocycles. The van der Waals surface area contributed by atoms with Crippen LogP contribution in [0.2, 0.25) is 5.02 Å². The predicted molar refractivity (Wildman–Crippen MR) is 51.7 cm³/mol. The standard InChI is InChI=1S/C8H10ClN3/c1-5-6(9)3-2-4-7(5)12-8(10)11/h2-4H,1H3,(H4,10,11,12). The van der Waals surface area contributed by atoms with Crippen molar-refractivity contribution in [3.8, 4) is 0 Å². The Morgan fingerprint density at radius 2 is 2.08 bits per heavy atom. The van der Waals surface area contributed by atoms with Crippen LogP contribution in [0.15, 0.2) is 23.2 Å². The number of nitrogens with two attached hydrogens (primary N) is 2. The summed E-state index contributed by atoms with van der Waals surface area (Å²) in [6, 6.07) is 5.40. The maximum absolute atomic E-state index is 5.85. The molecule has 1 aromatic rings. The third kappa shape index (κ3) is 1.89. The molecular formula is C8H10ClN3. The van der Waals surface area contributed by atoms with E-state index in [4.69, 9.17) is 23.1 Å². The maximum Gasteiger partial charge on any atom is 0.191 e. The Morgan fingerprint density at radius 1 is 1.42 bits per heavy atom. The Hall–Kier alpha value is -1.22. The van der Waals surface area contributed by atoms with Crippen LogP contribution in [0.4, 0.5) is 5.69 Å². The Bertz CT molecular complexity index is 316. The first-order valence-electron chi connectivity index (χ1n) is 3.46. The minimum Gasteiger partial charge on any atom is -0.370 e. The lowest BCUT2D eigenvalue weighted by Crippen LogP contribution is -2.22. The van der Waals surface area contributed by atoms with Crippen molar-refractivity contribution in [2.75, 3.05) is 0 Å². The van der Waals surface area contributed by atoms with Gasteiger partial charge >= 0.3 is 0 Å². The highest BCUT2D eigenvalue weighted by atomic mass is 35.5. The van der Waals surface area contributed by atoms with Crippen LogP contribution in [0, 0.1) is 6.92 Å². The van der Waals surface area contributed by atoms with Gasteiger partial charge in [-0.25, -0.2) is 4.99 Å². The van der Waals surface area contributed by atoms with E-state index in [0.717, 1.165) is 5.56 Å². The zero-order chi connectivity index (χ0) is 9.14. The molecule has 0 fully saturated rings. The van der Waals surface area contributed by atoms with Gasteiger partial charge in [0, 0.05) is 5.02 Å². The van der Waals surface area contributed by atoms with Gasteiger partial charge in [-0.15, -0.1) is 0 Å². The Kier molecular flexibility index (Phi) is 2.55. The molecule has 0 unspecified atom stereocenters. The van der Waals surface area contributed by atoms with Crippen LogP contribution >= 0.6 is 11.6 Å². The summed E-state index contributed by atoms with van der Waals surface area (Å²) in [5.74, 6) is 0.0420. The first-order valence-corrected chi connectivity index (χ1v) is 3.84. The van der Waals surface area contributed by atoms with Gasteiger partial charge < -0.3 is 11.5 Å². The minimum absolute atomic E-state index is 0.0420. The van der Waals surface area contributed by atoms with E-state index in [1.165, 1.54) is 0 Å². The van der Waals surface area contributed by atoms with Crippen LogP contribution in [0.3, 0.4) is 0 Å². The van der Waals surface area contributed by atoms with Crippen LogP contribution in [0.25, 0.3) is 0 Å². The number of benzene rings is 1. The molecule has 64 valence electrons. The lowest BCUT2D eigenvalue weighted by atomic mass is 10.2. The molecular weight excluding hydrogens is 174 g/mol. The Morgan fingerprint density at radius 3 is 2.67 bits per heavy atom. The number of nitrogens with zero attached hydrogens (tertiary/aromatic N) is 1. The predicted octanol–water partition coefficient (Wildman–Crippen LogP) is 1.55. The smallest absolute Gasteiger partial charge is 0.191 e. The minimum atomic E-state index is 0.0420. The fourth-order valence-corrected chi connectivity index (χ4v) is 1.03. The molecule has 4 heteroatoms. The molecule has 1 aromatic carbocycles. The van der Waals surface area contributed by atoms with Crippen LogP contribution in [-0.2, 0) is 0 Å². The van der Waals surface area contributed by atoms with Gasteiger partial charge in [-0.3, -0.25) is 0 Å². The van der Waals surface area contributed by atoms with Gasteiger partial charge in [0.05, 0.1) is 5.69 Å². The number of guanidine groups is 1. The molecule has 0 aliphatic heterocycles. The van der Waals surface area contributed by atoms with Crippen LogP contribution in [-0.4, -0.2) is 5.96 Å². The number of halogens is 1. The summed E-state index contributed by atoms with van der Waals surface area (Å²) in [6.45, 7) is 1.87. The average molecular weight is 184 g/mol. The highest BCUT2D eigenvalue weighted by Crippen LogP contribution is 2.24. The second-order valence-corrected chi connectivity index (χ2v) is 2.83. The molecule has 1 rings (SSSR count). The topological polar surface area (TPSA) is 64.4 Å². The zero-order valence-electron chi connectivity index (χ0n) is 6.71. The molecule has 0 heterocycles. The Balaban J connectivity index is 3.17. The van der Waals surface area contributed by atoms with Crippen molar-refractivity contribution in [1.29, 1.82) is 0 Å². The average Bonchev–Trinajstić information content (AvgIpc) is 1.98. The van der Waals surface area contributed by atoms with E-state index in [-0.39, 0.29) is 5.96 Å². The van der Waals surface area contributed by atoms with E-state index < -0.39 is 0 Å². The lowest BCUT2D eigenvalue weighted by Gasteiger charge is -2.01. The first kappa shape index (κ1) is 8.87.